The Balaban J connectivity index is 1.64. The Morgan fingerprint density at radius 2 is 1.88 bits per heavy atom. The Bertz CT molecular complexity index is 679. The van der Waals surface area contributed by atoms with Crippen LogP contribution in [0.25, 0.3) is 0 Å². The molecule has 0 aliphatic carbocycles. The van der Waals surface area contributed by atoms with Crippen molar-refractivity contribution in [1.29, 1.82) is 0 Å². The number of carbonyl (C=O) groups excluding carboxylic acids is 1. The van der Waals surface area contributed by atoms with Crippen LogP contribution in [0.4, 0.5) is 4.79 Å². The topological polar surface area (TPSA) is 83.7 Å². The lowest BCUT2D eigenvalue weighted by Gasteiger charge is -2.11. The van der Waals surface area contributed by atoms with E-state index in [1.165, 1.54) is 0 Å². The summed E-state index contributed by atoms with van der Waals surface area (Å²) in [5.41, 5.74) is 1.90. The highest BCUT2D eigenvalue weighted by atomic mass is 16.5. The number of rotatable bonds is 8. The number of amides is 2. The van der Waals surface area contributed by atoms with Gasteiger partial charge in [0.1, 0.15) is 17.3 Å². The van der Waals surface area contributed by atoms with Crippen molar-refractivity contribution in [3.8, 4) is 5.75 Å². The van der Waals surface area contributed by atoms with Gasteiger partial charge in [-0.1, -0.05) is 12.1 Å². The molecule has 1 aromatic heterocycles. The van der Waals surface area contributed by atoms with Gasteiger partial charge >= 0.3 is 6.03 Å². The summed E-state index contributed by atoms with van der Waals surface area (Å²) in [6, 6.07) is 9.34. The van der Waals surface area contributed by atoms with Crippen LogP contribution in [0, 0.1) is 13.8 Å². The Hall–Kier alpha value is -2.47. The van der Waals surface area contributed by atoms with Crippen molar-refractivity contribution in [3.05, 3.63) is 53.0 Å². The van der Waals surface area contributed by atoms with E-state index in [4.69, 9.17) is 9.15 Å². The number of methoxy groups -OCH3 is 1. The number of urea groups is 1. The molecule has 0 bridgehead atoms. The molecule has 1 heterocycles. The molecule has 0 radical (unpaired) electrons. The maximum atomic E-state index is 11.8. The molecule has 0 saturated heterocycles. The fourth-order valence-corrected chi connectivity index (χ4v) is 2.63. The number of ether oxygens (including phenoxy) is 1. The van der Waals surface area contributed by atoms with Gasteiger partial charge in [0, 0.05) is 18.7 Å². The molecule has 0 aliphatic rings. The third-order valence-electron chi connectivity index (χ3n) is 4.00. The molecule has 1 unspecified atom stereocenters. The van der Waals surface area contributed by atoms with Crippen LogP contribution in [0.5, 0.6) is 5.75 Å². The first kappa shape index (κ1) is 18.9. The van der Waals surface area contributed by atoms with Crippen molar-refractivity contribution in [2.75, 3.05) is 20.2 Å². The Labute approximate surface area is 148 Å². The fourth-order valence-electron chi connectivity index (χ4n) is 2.63. The summed E-state index contributed by atoms with van der Waals surface area (Å²) in [6.45, 7) is 4.60. The first-order valence-electron chi connectivity index (χ1n) is 8.39. The van der Waals surface area contributed by atoms with E-state index in [-0.39, 0.29) is 6.03 Å². The SMILES string of the molecule is COc1ccc(CCNC(=O)NCCC(O)c2cc(C)oc2C)cc1. The summed E-state index contributed by atoms with van der Waals surface area (Å²) in [7, 11) is 1.63. The summed E-state index contributed by atoms with van der Waals surface area (Å²) in [5.74, 6) is 2.31. The van der Waals surface area contributed by atoms with Crippen LogP contribution < -0.4 is 15.4 Å². The number of aliphatic hydroxyl groups is 1. The van der Waals surface area contributed by atoms with Crippen molar-refractivity contribution in [3.63, 3.8) is 0 Å². The predicted molar refractivity (Wildman–Crippen MR) is 95.9 cm³/mol. The molecular weight excluding hydrogens is 320 g/mol. The lowest BCUT2D eigenvalue weighted by atomic mass is 10.1. The summed E-state index contributed by atoms with van der Waals surface area (Å²) in [6.07, 6.45) is 0.538. The Morgan fingerprint density at radius 3 is 2.48 bits per heavy atom. The van der Waals surface area contributed by atoms with Crippen LogP contribution in [0.3, 0.4) is 0 Å². The molecule has 6 heteroatoms. The molecule has 0 fully saturated rings. The number of nitrogens with one attached hydrogen (secondary N) is 2. The molecule has 136 valence electrons. The van der Waals surface area contributed by atoms with Gasteiger partial charge in [-0.2, -0.15) is 0 Å². The zero-order valence-corrected chi connectivity index (χ0v) is 15.0. The van der Waals surface area contributed by atoms with Gasteiger partial charge in [-0.05, 0) is 50.5 Å². The Morgan fingerprint density at radius 1 is 1.20 bits per heavy atom. The van der Waals surface area contributed by atoms with E-state index in [9.17, 15) is 9.90 Å². The second kappa shape index (κ2) is 9.13. The zero-order valence-electron chi connectivity index (χ0n) is 15.0. The minimum atomic E-state index is -0.642. The molecule has 2 amide bonds. The Kier molecular flexibility index (Phi) is 6.89. The molecule has 1 aromatic carbocycles. The lowest BCUT2D eigenvalue weighted by Crippen LogP contribution is -2.37. The maximum absolute atomic E-state index is 11.8. The summed E-state index contributed by atoms with van der Waals surface area (Å²) in [5, 5.41) is 15.7. The standard InChI is InChI=1S/C19H26N2O4/c1-13-12-17(14(2)25-13)18(22)9-11-21-19(23)20-10-8-15-4-6-16(24-3)7-5-15/h4-7,12,18,22H,8-11H2,1-3H3,(H2,20,21,23). The second-order valence-electron chi connectivity index (χ2n) is 5.95. The minimum absolute atomic E-state index is 0.235. The summed E-state index contributed by atoms with van der Waals surface area (Å²) in [4.78, 5) is 11.8. The van der Waals surface area contributed by atoms with Gasteiger partial charge in [-0.25, -0.2) is 4.79 Å². The third-order valence-corrected chi connectivity index (χ3v) is 4.00. The maximum Gasteiger partial charge on any atom is 0.314 e. The van der Waals surface area contributed by atoms with Crippen molar-refractivity contribution < 1.29 is 19.1 Å². The highest BCUT2D eigenvalue weighted by Crippen LogP contribution is 2.23. The summed E-state index contributed by atoms with van der Waals surface area (Å²) >= 11 is 0. The van der Waals surface area contributed by atoms with Crippen LogP contribution in [0.2, 0.25) is 0 Å². The van der Waals surface area contributed by atoms with Gasteiger partial charge in [-0.3, -0.25) is 0 Å². The molecule has 3 N–H and O–H groups in total. The molecule has 0 aliphatic heterocycles. The van der Waals surface area contributed by atoms with Crippen molar-refractivity contribution >= 4 is 6.03 Å². The monoisotopic (exact) mass is 346 g/mol. The quantitative estimate of drug-likeness (QED) is 0.686. The van der Waals surface area contributed by atoms with E-state index in [0.29, 0.717) is 25.3 Å². The average Bonchev–Trinajstić information content (AvgIpc) is 2.94. The van der Waals surface area contributed by atoms with E-state index < -0.39 is 6.10 Å². The van der Waals surface area contributed by atoms with Crippen LogP contribution in [-0.2, 0) is 6.42 Å². The van der Waals surface area contributed by atoms with Crippen LogP contribution in [-0.4, -0.2) is 31.3 Å². The normalized spacial score (nSPS) is 11.8. The van der Waals surface area contributed by atoms with E-state index >= 15 is 0 Å². The van der Waals surface area contributed by atoms with Crippen molar-refractivity contribution in [1.82, 2.24) is 10.6 Å². The van der Waals surface area contributed by atoms with Crippen molar-refractivity contribution in [2.24, 2.45) is 0 Å². The number of aryl methyl sites for hydroxylation is 2. The van der Waals surface area contributed by atoms with Gasteiger partial charge in [-0.15, -0.1) is 0 Å². The smallest absolute Gasteiger partial charge is 0.314 e. The van der Waals surface area contributed by atoms with Crippen molar-refractivity contribution in [2.45, 2.75) is 32.8 Å². The van der Waals surface area contributed by atoms with Gasteiger partial charge in [0.2, 0.25) is 0 Å². The van der Waals surface area contributed by atoms with Crippen LogP contribution >= 0.6 is 0 Å². The molecule has 6 nitrogen and oxygen atoms in total. The van der Waals surface area contributed by atoms with Gasteiger partial charge in [0.05, 0.1) is 13.2 Å². The molecule has 2 rings (SSSR count). The van der Waals surface area contributed by atoms with Crippen LogP contribution in [0.15, 0.2) is 34.7 Å². The largest absolute Gasteiger partial charge is 0.497 e. The minimum Gasteiger partial charge on any atom is -0.497 e. The number of carbonyl (C=O) groups is 1. The van der Waals surface area contributed by atoms with E-state index in [0.717, 1.165) is 29.1 Å². The highest BCUT2D eigenvalue weighted by molar-refractivity contribution is 5.73. The molecule has 25 heavy (non-hydrogen) atoms. The van der Waals surface area contributed by atoms with Gasteiger partial charge in [0.25, 0.3) is 0 Å². The lowest BCUT2D eigenvalue weighted by molar-refractivity contribution is 0.165. The first-order valence-corrected chi connectivity index (χ1v) is 8.39. The number of hydrogen-bond acceptors (Lipinski definition) is 4. The second-order valence-corrected chi connectivity index (χ2v) is 5.95. The van der Waals surface area contributed by atoms with E-state index in [1.54, 1.807) is 7.11 Å². The molecule has 0 spiro atoms. The highest BCUT2D eigenvalue weighted by Gasteiger charge is 2.14. The number of benzene rings is 1. The molecule has 2 aromatic rings. The zero-order chi connectivity index (χ0) is 18.2. The first-order chi connectivity index (χ1) is 12.0. The number of hydrogen-bond donors (Lipinski definition) is 3. The average molecular weight is 346 g/mol. The van der Waals surface area contributed by atoms with E-state index in [2.05, 4.69) is 10.6 Å². The molecular formula is C19H26N2O4. The number of aliphatic hydroxyl groups excluding tert-OH is 1. The fraction of sp³-hybridized carbons (Fsp3) is 0.421. The van der Waals surface area contributed by atoms with Crippen LogP contribution in [0.1, 0.15) is 35.2 Å². The van der Waals surface area contributed by atoms with Gasteiger partial charge < -0.3 is 24.9 Å². The molecule has 1 atom stereocenters. The van der Waals surface area contributed by atoms with Gasteiger partial charge in [0.15, 0.2) is 0 Å². The molecule has 0 saturated carbocycles. The number of furan rings is 1. The van der Waals surface area contributed by atoms with E-state index in [1.807, 2.05) is 44.2 Å². The predicted octanol–water partition coefficient (Wildman–Crippen LogP) is 2.87. The summed E-state index contributed by atoms with van der Waals surface area (Å²) < 4.78 is 10.5. The third kappa shape index (κ3) is 5.83.